The molecule has 0 saturated heterocycles. The Morgan fingerprint density at radius 3 is 1.83 bits per heavy atom. The number of ether oxygens (including phenoxy) is 2. The van der Waals surface area contributed by atoms with Gasteiger partial charge in [-0.3, -0.25) is 0 Å². The van der Waals surface area contributed by atoms with Crippen LogP contribution in [0.4, 0.5) is 0 Å². The van der Waals surface area contributed by atoms with Gasteiger partial charge in [0, 0.05) is 7.11 Å². The fourth-order valence-corrected chi connectivity index (χ4v) is 0.535. The number of hydrogen-bond acceptors (Lipinski definition) is 4. The molecule has 0 aromatic rings. The van der Waals surface area contributed by atoms with E-state index < -0.39 is 0 Å². The second kappa shape index (κ2) is 8.93. The van der Waals surface area contributed by atoms with Crippen molar-refractivity contribution in [2.75, 3.05) is 33.5 Å². The van der Waals surface area contributed by atoms with E-state index in [0.717, 1.165) is 0 Å². The third-order valence-corrected chi connectivity index (χ3v) is 1.33. The first-order valence-electron chi connectivity index (χ1n) is 4.17. The molecule has 0 radical (unpaired) electrons. The van der Waals surface area contributed by atoms with Crippen molar-refractivity contribution in [3.8, 4) is 0 Å². The first kappa shape index (κ1) is 11.8. The Kier molecular flexibility index (Phi) is 8.81. The van der Waals surface area contributed by atoms with Gasteiger partial charge < -0.3 is 19.7 Å². The molecule has 0 aliphatic heterocycles. The van der Waals surface area contributed by atoms with Crippen molar-refractivity contribution < 1.29 is 19.7 Å². The summed E-state index contributed by atoms with van der Waals surface area (Å²) in [6.45, 7) is 0.696. The SMILES string of the molecule is COC1CC1.OCCOCCO. The highest BCUT2D eigenvalue weighted by Gasteiger charge is 2.19. The van der Waals surface area contributed by atoms with E-state index >= 15 is 0 Å². The highest BCUT2D eigenvalue weighted by Crippen LogP contribution is 2.21. The average Bonchev–Trinajstić information content (AvgIpc) is 2.89. The third kappa shape index (κ3) is 9.84. The van der Waals surface area contributed by atoms with Gasteiger partial charge in [0.1, 0.15) is 0 Å². The van der Waals surface area contributed by atoms with Gasteiger partial charge in [-0.2, -0.15) is 0 Å². The zero-order valence-electron chi connectivity index (χ0n) is 7.53. The quantitative estimate of drug-likeness (QED) is 0.572. The van der Waals surface area contributed by atoms with Crippen molar-refractivity contribution in [3.63, 3.8) is 0 Å². The molecule has 0 bridgehead atoms. The molecule has 1 rings (SSSR count). The maximum absolute atomic E-state index is 8.09. The first-order chi connectivity index (χ1) is 5.85. The molecule has 1 fully saturated rings. The zero-order chi connectivity index (χ0) is 9.23. The molecule has 4 nitrogen and oxygen atoms in total. The Hall–Kier alpha value is -0.160. The lowest BCUT2D eigenvalue weighted by molar-refractivity contribution is 0.0650. The van der Waals surface area contributed by atoms with E-state index in [-0.39, 0.29) is 13.2 Å². The number of aliphatic hydroxyl groups is 2. The molecule has 4 heteroatoms. The van der Waals surface area contributed by atoms with Crippen molar-refractivity contribution in [1.82, 2.24) is 0 Å². The van der Waals surface area contributed by atoms with Crippen LogP contribution in [-0.4, -0.2) is 49.9 Å². The van der Waals surface area contributed by atoms with E-state index in [9.17, 15) is 0 Å². The van der Waals surface area contributed by atoms with Gasteiger partial charge in [0.15, 0.2) is 0 Å². The molecular formula is C8H18O4. The third-order valence-electron chi connectivity index (χ3n) is 1.33. The number of hydrogen-bond donors (Lipinski definition) is 2. The summed E-state index contributed by atoms with van der Waals surface area (Å²) in [6.07, 6.45) is 3.21. The van der Waals surface area contributed by atoms with E-state index in [4.69, 9.17) is 14.9 Å². The first-order valence-corrected chi connectivity index (χ1v) is 4.17. The van der Waals surface area contributed by atoms with Crippen molar-refractivity contribution in [3.05, 3.63) is 0 Å². The highest BCUT2D eigenvalue weighted by molar-refractivity contribution is 4.71. The van der Waals surface area contributed by atoms with Gasteiger partial charge in [-0.25, -0.2) is 0 Å². The fraction of sp³-hybridized carbons (Fsp3) is 1.00. The molecular weight excluding hydrogens is 160 g/mol. The molecule has 0 heterocycles. The minimum Gasteiger partial charge on any atom is -0.394 e. The Morgan fingerprint density at radius 1 is 1.17 bits per heavy atom. The summed E-state index contributed by atoms with van der Waals surface area (Å²) >= 11 is 0. The van der Waals surface area contributed by atoms with Crippen LogP contribution in [0.3, 0.4) is 0 Å². The van der Waals surface area contributed by atoms with E-state index in [2.05, 4.69) is 4.74 Å². The van der Waals surface area contributed by atoms with Crippen LogP contribution in [-0.2, 0) is 9.47 Å². The normalized spacial score (nSPS) is 15.2. The molecule has 0 aromatic heterocycles. The summed E-state index contributed by atoms with van der Waals surface area (Å²) in [6, 6.07) is 0. The fourth-order valence-electron chi connectivity index (χ4n) is 0.535. The molecule has 74 valence electrons. The maximum Gasteiger partial charge on any atom is 0.0698 e. The summed E-state index contributed by atoms with van der Waals surface area (Å²) in [5.41, 5.74) is 0. The second-order valence-electron chi connectivity index (χ2n) is 2.49. The predicted molar refractivity (Wildman–Crippen MR) is 45.0 cm³/mol. The van der Waals surface area contributed by atoms with Gasteiger partial charge in [0.25, 0.3) is 0 Å². The lowest BCUT2D eigenvalue weighted by Gasteiger charge is -1.94. The van der Waals surface area contributed by atoms with Gasteiger partial charge in [-0.05, 0) is 12.8 Å². The van der Waals surface area contributed by atoms with Crippen LogP contribution in [0, 0.1) is 0 Å². The van der Waals surface area contributed by atoms with Crippen LogP contribution in [0.25, 0.3) is 0 Å². The van der Waals surface area contributed by atoms with Crippen LogP contribution in [0.15, 0.2) is 0 Å². The Morgan fingerprint density at radius 2 is 1.67 bits per heavy atom. The van der Waals surface area contributed by atoms with Gasteiger partial charge in [0.2, 0.25) is 0 Å². The van der Waals surface area contributed by atoms with Crippen LogP contribution >= 0.6 is 0 Å². The van der Waals surface area contributed by atoms with E-state index in [1.54, 1.807) is 7.11 Å². The molecule has 12 heavy (non-hydrogen) atoms. The van der Waals surface area contributed by atoms with E-state index in [1.165, 1.54) is 12.8 Å². The van der Waals surface area contributed by atoms with Gasteiger partial charge in [-0.15, -0.1) is 0 Å². The standard InChI is InChI=1S/C4H10O3.C4H8O/c5-1-3-7-4-2-6;1-5-4-2-3-4/h5-6H,1-4H2;4H,2-3H2,1H3. The largest absolute Gasteiger partial charge is 0.394 e. The smallest absolute Gasteiger partial charge is 0.0698 e. The van der Waals surface area contributed by atoms with E-state index in [0.29, 0.717) is 19.3 Å². The number of rotatable bonds is 5. The second-order valence-corrected chi connectivity index (χ2v) is 2.49. The minimum atomic E-state index is 0.0278. The van der Waals surface area contributed by atoms with Crippen LogP contribution < -0.4 is 0 Å². The topological polar surface area (TPSA) is 58.9 Å². The molecule has 1 aliphatic rings. The Balaban J connectivity index is 0.000000211. The van der Waals surface area contributed by atoms with Crippen molar-refractivity contribution >= 4 is 0 Å². The molecule has 0 amide bonds. The summed E-state index contributed by atoms with van der Waals surface area (Å²) in [7, 11) is 1.76. The summed E-state index contributed by atoms with van der Waals surface area (Å²) in [5.74, 6) is 0. The van der Waals surface area contributed by atoms with Crippen LogP contribution in [0.2, 0.25) is 0 Å². The number of methoxy groups -OCH3 is 1. The number of aliphatic hydroxyl groups excluding tert-OH is 2. The summed E-state index contributed by atoms with van der Waals surface area (Å²) in [4.78, 5) is 0. The Bertz CT molecular complexity index is 79.1. The van der Waals surface area contributed by atoms with Crippen LogP contribution in [0.1, 0.15) is 12.8 Å². The molecule has 0 spiro atoms. The summed E-state index contributed by atoms with van der Waals surface area (Å²) in [5, 5.41) is 16.2. The summed E-state index contributed by atoms with van der Waals surface area (Å²) < 4.78 is 9.49. The molecule has 2 N–H and O–H groups in total. The monoisotopic (exact) mass is 178 g/mol. The van der Waals surface area contributed by atoms with Crippen molar-refractivity contribution in [2.45, 2.75) is 18.9 Å². The minimum absolute atomic E-state index is 0.0278. The average molecular weight is 178 g/mol. The lowest BCUT2D eigenvalue weighted by Crippen LogP contribution is -2.03. The van der Waals surface area contributed by atoms with Crippen molar-refractivity contribution in [2.24, 2.45) is 0 Å². The lowest BCUT2D eigenvalue weighted by atomic mass is 10.7. The molecule has 0 atom stereocenters. The zero-order valence-corrected chi connectivity index (χ0v) is 7.53. The van der Waals surface area contributed by atoms with Gasteiger partial charge in [-0.1, -0.05) is 0 Å². The predicted octanol–water partition coefficient (Wildman–Crippen LogP) is -0.217. The Labute approximate surface area is 73.1 Å². The van der Waals surface area contributed by atoms with E-state index in [1.807, 2.05) is 0 Å². The molecule has 0 aromatic carbocycles. The molecule has 1 aliphatic carbocycles. The van der Waals surface area contributed by atoms with Gasteiger partial charge >= 0.3 is 0 Å². The van der Waals surface area contributed by atoms with Gasteiger partial charge in [0.05, 0.1) is 32.5 Å². The maximum atomic E-state index is 8.09. The molecule has 1 saturated carbocycles. The highest BCUT2D eigenvalue weighted by atomic mass is 16.5. The van der Waals surface area contributed by atoms with Crippen LogP contribution in [0.5, 0.6) is 0 Å². The molecule has 0 unspecified atom stereocenters. The van der Waals surface area contributed by atoms with Crippen molar-refractivity contribution in [1.29, 1.82) is 0 Å².